The smallest absolute Gasteiger partial charge is 0.224 e. The SMILES string of the molecule is CCN1CCN(c2cc(C)nc(NCCN(C)C)n2)CC1. The Hall–Kier alpha value is -1.40. The van der Waals surface area contributed by atoms with Crippen LogP contribution in [0.5, 0.6) is 0 Å². The summed E-state index contributed by atoms with van der Waals surface area (Å²) in [6.45, 7) is 11.5. The molecule has 1 aromatic rings. The molecule has 0 unspecified atom stereocenters. The molecule has 1 aromatic heterocycles. The molecule has 1 aliphatic heterocycles. The fourth-order valence-electron chi connectivity index (χ4n) is 2.48. The van der Waals surface area contributed by atoms with Gasteiger partial charge in [-0.25, -0.2) is 4.98 Å². The number of piperazine rings is 1. The minimum atomic E-state index is 0.741. The molecular formula is C15H28N6. The van der Waals surface area contributed by atoms with Crippen LogP contribution in [0.2, 0.25) is 0 Å². The normalized spacial score (nSPS) is 16.5. The molecule has 0 atom stereocenters. The second kappa shape index (κ2) is 7.56. The van der Waals surface area contributed by atoms with Crippen LogP contribution in [0.25, 0.3) is 0 Å². The van der Waals surface area contributed by atoms with Crippen LogP contribution in [0.1, 0.15) is 12.6 Å². The Morgan fingerprint density at radius 1 is 1.19 bits per heavy atom. The largest absolute Gasteiger partial charge is 0.354 e. The van der Waals surface area contributed by atoms with Crippen molar-refractivity contribution in [1.29, 1.82) is 0 Å². The number of anilines is 2. The molecule has 21 heavy (non-hydrogen) atoms. The van der Waals surface area contributed by atoms with Crippen molar-refractivity contribution in [3.8, 4) is 0 Å². The molecule has 1 aliphatic rings. The number of hydrogen-bond donors (Lipinski definition) is 1. The highest BCUT2D eigenvalue weighted by Crippen LogP contribution is 2.16. The van der Waals surface area contributed by atoms with E-state index in [0.29, 0.717) is 0 Å². The third kappa shape index (κ3) is 4.82. The van der Waals surface area contributed by atoms with E-state index in [4.69, 9.17) is 0 Å². The quantitative estimate of drug-likeness (QED) is 0.841. The van der Waals surface area contributed by atoms with E-state index in [1.54, 1.807) is 0 Å². The molecule has 6 nitrogen and oxygen atoms in total. The van der Waals surface area contributed by atoms with Gasteiger partial charge in [0.25, 0.3) is 0 Å². The van der Waals surface area contributed by atoms with Crippen LogP contribution >= 0.6 is 0 Å². The summed E-state index contributed by atoms with van der Waals surface area (Å²) < 4.78 is 0. The summed E-state index contributed by atoms with van der Waals surface area (Å²) in [5.74, 6) is 1.79. The Morgan fingerprint density at radius 2 is 1.90 bits per heavy atom. The lowest BCUT2D eigenvalue weighted by Crippen LogP contribution is -2.46. The second-order valence-electron chi connectivity index (χ2n) is 5.84. The van der Waals surface area contributed by atoms with Crippen molar-refractivity contribution in [2.75, 3.05) is 70.1 Å². The van der Waals surface area contributed by atoms with Gasteiger partial charge in [-0.15, -0.1) is 0 Å². The summed E-state index contributed by atoms with van der Waals surface area (Å²) in [5, 5.41) is 3.32. The van der Waals surface area contributed by atoms with Crippen LogP contribution in [0.4, 0.5) is 11.8 Å². The predicted octanol–water partition coefficient (Wildman–Crippen LogP) is 0.900. The Balaban J connectivity index is 1.98. The standard InChI is InChI=1S/C15H28N6/c1-5-20-8-10-21(11-9-20)14-12-13(2)17-15(18-14)16-6-7-19(3)4/h12H,5-11H2,1-4H3,(H,16,17,18). The Morgan fingerprint density at radius 3 is 2.52 bits per heavy atom. The van der Waals surface area contributed by atoms with Crippen molar-refractivity contribution in [3.05, 3.63) is 11.8 Å². The van der Waals surface area contributed by atoms with Gasteiger partial charge in [0.2, 0.25) is 5.95 Å². The average Bonchev–Trinajstić information content (AvgIpc) is 2.46. The van der Waals surface area contributed by atoms with Gasteiger partial charge in [-0.3, -0.25) is 0 Å². The monoisotopic (exact) mass is 292 g/mol. The fraction of sp³-hybridized carbons (Fsp3) is 0.733. The van der Waals surface area contributed by atoms with Crippen molar-refractivity contribution < 1.29 is 0 Å². The Kier molecular flexibility index (Phi) is 5.76. The molecule has 0 bridgehead atoms. The van der Waals surface area contributed by atoms with Crippen LogP contribution in [-0.4, -0.2) is 79.7 Å². The predicted molar refractivity (Wildman–Crippen MR) is 88.1 cm³/mol. The van der Waals surface area contributed by atoms with E-state index in [9.17, 15) is 0 Å². The molecule has 1 fully saturated rings. The van der Waals surface area contributed by atoms with E-state index in [1.807, 2.05) is 6.92 Å². The molecule has 6 heteroatoms. The summed E-state index contributed by atoms with van der Waals surface area (Å²) in [4.78, 5) is 16.1. The number of nitrogens with one attached hydrogen (secondary N) is 1. The summed E-state index contributed by atoms with van der Waals surface area (Å²) in [6, 6.07) is 2.08. The van der Waals surface area contributed by atoms with Crippen molar-refractivity contribution >= 4 is 11.8 Å². The Bertz CT molecular complexity index is 440. The summed E-state index contributed by atoms with van der Waals surface area (Å²) >= 11 is 0. The highest BCUT2D eigenvalue weighted by atomic mass is 15.3. The van der Waals surface area contributed by atoms with E-state index < -0.39 is 0 Å². The first-order valence-corrected chi connectivity index (χ1v) is 7.80. The first-order valence-electron chi connectivity index (χ1n) is 7.80. The molecule has 0 aliphatic carbocycles. The minimum absolute atomic E-state index is 0.741. The highest BCUT2D eigenvalue weighted by molar-refractivity contribution is 5.45. The van der Waals surface area contributed by atoms with Gasteiger partial charge in [0.15, 0.2) is 0 Å². The molecule has 1 saturated heterocycles. The molecule has 118 valence electrons. The molecule has 0 spiro atoms. The molecule has 2 rings (SSSR count). The van der Waals surface area contributed by atoms with Crippen molar-refractivity contribution in [3.63, 3.8) is 0 Å². The van der Waals surface area contributed by atoms with Gasteiger partial charge in [0.1, 0.15) is 5.82 Å². The van der Waals surface area contributed by atoms with Crippen molar-refractivity contribution in [1.82, 2.24) is 19.8 Å². The van der Waals surface area contributed by atoms with Gasteiger partial charge < -0.3 is 20.0 Å². The van der Waals surface area contributed by atoms with Crippen LogP contribution in [0, 0.1) is 6.92 Å². The first-order chi connectivity index (χ1) is 10.1. The van der Waals surface area contributed by atoms with Gasteiger partial charge in [0, 0.05) is 51.0 Å². The lowest BCUT2D eigenvalue weighted by molar-refractivity contribution is 0.270. The van der Waals surface area contributed by atoms with E-state index in [2.05, 4.69) is 57.1 Å². The zero-order valence-corrected chi connectivity index (χ0v) is 13.8. The second-order valence-corrected chi connectivity index (χ2v) is 5.84. The molecular weight excluding hydrogens is 264 g/mol. The number of nitrogens with zero attached hydrogens (tertiary/aromatic N) is 5. The van der Waals surface area contributed by atoms with E-state index >= 15 is 0 Å². The third-order valence-corrected chi connectivity index (χ3v) is 3.83. The van der Waals surface area contributed by atoms with Gasteiger partial charge in [-0.2, -0.15) is 4.98 Å². The van der Waals surface area contributed by atoms with Crippen LogP contribution in [0.3, 0.4) is 0 Å². The maximum absolute atomic E-state index is 4.67. The average molecular weight is 292 g/mol. The van der Waals surface area contributed by atoms with E-state index in [1.165, 1.54) is 0 Å². The zero-order chi connectivity index (χ0) is 15.2. The van der Waals surface area contributed by atoms with Crippen molar-refractivity contribution in [2.45, 2.75) is 13.8 Å². The summed E-state index contributed by atoms with van der Waals surface area (Å²) in [6.07, 6.45) is 0. The Labute approximate surface area is 128 Å². The number of aryl methyl sites for hydroxylation is 1. The fourth-order valence-corrected chi connectivity index (χ4v) is 2.48. The molecule has 0 amide bonds. The molecule has 0 radical (unpaired) electrons. The van der Waals surface area contributed by atoms with Crippen LogP contribution in [0.15, 0.2) is 6.07 Å². The number of rotatable bonds is 6. The molecule has 0 saturated carbocycles. The third-order valence-electron chi connectivity index (χ3n) is 3.83. The van der Waals surface area contributed by atoms with Crippen LogP contribution < -0.4 is 10.2 Å². The molecule has 1 N–H and O–H groups in total. The summed E-state index contributed by atoms with van der Waals surface area (Å²) in [7, 11) is 4.13. The minimum Gasteiger partial charge on any atom is -0.354 e. The van der Waals surface area contributed by atoms with Gasteiger partial charge in [0.05, 0.1) is 0 Å². The number of hydrogen-bond acceptors (Lipinski definition) is 6. The number of aromatic nitrogens is 2. The van der Waals surface area contributed by atoms with Gasteiger partial charge in [-0.1, -0.05) is 6.92 Å². The van der Waals surface area contributed by atoms with E-state index in [-0.39, 0.29) is 0 Å². The molecule has 0 aromatic carbocycles. The number of likely N-dealkylation sites (N-methyl/N-ethyl adjacent to an activating group) is 2. The van der Waals surface area contributed by atoms with E-state index in [0.717, 1.165) is 63.3 Å². The zero-order valence-electron chi connectivity index (χ0n) is 13.8. The maximum atomic E-state index is 4.67. The summed E-state index contributed by atoms with van der Waals surface area (Å²) in [5.41, 5.74) is 1.02. The van der Waals surface area contributed by atoms with Gasteiger partial charge in [-0.05, 0) is 27.6 Å². The molecule has 2 heterocycles. The lowest BCUT2D eigenvalue weighted by atomic mass is 10.3. The van der Waals surface area contributed by atoms with Gasteiger partial charge >= 0.3 is 0 Å². The highest BCUT2D eigenvalue weighted by Gasteiger charge is 2.17. The maximum Gasteiger partial charge on any atom is 0.224 e. The first kappa shape index (κ1) is 16.0. The topological polar surface area (TPSA) is 47.5 Å². The van der Waals surface area contributed by atoms with Crippen LogP contribution in [-0.2, 0) is 0 Å². The van der Waals surface area contributed by atoms with Crippen molar-refractivity contribution in [2.24, 2.45) is 0 Å². The lowest BCUT2D eigenvalue weighted by Gasteiger charge is -2.34.